The van der Waals surface area contributed by atoms with Crippen LogP contribution in [0, 0.1) is 5.41 Å². The first-order chi connectivity index (χ1) is 9.08. The fourth-order valence-corrected chi connectivity index (χ4v) is 2.82. The van der Waals surface area contributed by atoms with Gasteiger partial charge >= 0.3 is 0 Å². The maximum Gasteiger partial charge on any atom is 0.133 e. The average molecular weight is 326 g/mol. The van der Waals surface area contributed by atoms with E-state index in [2.05, 4.69) is 27.9 Å². The van der Waals surface area contributed by atoms with E-state index in [9.17, 15) is 0 Å². The number of hydrogen-bond acceptors (Lipinski definition) is 3. The van der Waals surface area contributed by atoms with Crippen LogP contribution in [0.25, 0.3) is 0 Å². The Morgan fingerprint density at radius 1 is 1.53 bits per heavy atom. The van der Waals surface area contributed by atoms with Crippen LogP contribution in [0.4, 0.5) is 0 Å². The van der Waals surface area contributed by atoms with Gasteiger partial charge in [0.15, 0.2) is 0 Å². The first kappa shape index (κ1) is 14.3. The van der Waals surface area contributed by atoms with E-state index in [1.807, 2.05) is 18.2 Å². The number of nitrogens with zero attached hydrogens (tertiary/aromatic N) is 1. The van der Waals surface area contributed by atoms with Gasteiger partial charge in [0.2, 0.25) is 0 Å². The van der Waals surface area contributed by atoms with Crippen molar-refractivity contribution in [2.45, 2.75) is 25.3 Å². The van der Waals surface area contributed by atoms with Crippen LogP contribution in [-0.2, 0) is 0 Å². The average Bonchev–Trinajstić information content (AvgIpc) is 2.39. The topological polar surface area (TPSA) is 62.3 Å². The molecule has 1 aliphatic rings. The molecule has 1 unspecified atom stereocenters. The molecule has 3 N–H and O–H groups in total. The zero-order valence-electron chi connectivity index (χ0n) is 11.2. The van der Waals surface area contributed by atoms with Crippen LogP contribution >= 0.6 is 15.9 Å². The molecule has 1 aromatic rings. The first-order valence-corrected chi connectivity index (χ1v) is 7.34. The number of benzene rings is 1. The third-order valence-electron chi connectivity index (χ3n) is 3.60. The number of piperidine rings is 1. The van der Waals surface area contributed by atoms with Crippen LogP contribution in [0.1, 0.15) is 24.8 Å². The number of hydrogen-bond donors (Lipinski definition) is 2. The molecular weight excluding hydrogens is 306 g/mol. The number of nitrogens with one attached hydrogen (secondary N) is 1. The first-order valence-electron chi connectivity index (χ1n) is 6.55. The molecule has 0 spiro atoms. The second-order valence-corrected chi connectivity index (χ2v) is 5.85. The third kappa shape index (κ3) is 3.70. The summed E-state index contributed by atoms with van der Waals surface area (Å²) in [7, 11) is 2.15. The lowest BCUT2D eigenvalue weighted by atomic mass is 10.0. The van der Waals surface area contributed by atoms with Gasteiger partial charge in [-0.3, -0.25) is 5.41 Å². The predicted octanol–water partition coefficient (Wildman–Crippen LogP) is 2.60. The molecule has 2 rings (SSSR count). The van der Waals surface area contributed by atoms with Gasteiger partial charge in [-0.05, 0) is 60.6 Å². The van der Waals surface area contributed by atoms with Gasteiger partial charge in [-0.2, -0.15) is 0 Å². The number of likely N-dealkylation sites (N-methyl/N-ethyl adjacent to an activating group) is 1. The van der Waals surface area contributed by atoms with Gasteiger partial charge in [-0.1, -0.05) is 6.42 Å². The normalized spacial score (nSPS) is 20.2. The van der Waals surface area contributed by atoms with Gasteiger partial charge < -0.3 is 15.4 Å². The highest BCUT2D eigenvalue weighted by Crippen LogP contribution is 2.27. The molecule has 1 aliphatic heterocycles. The zero-order chi connectivity index (χ0) is 13.8. The summed E-state index contributed by atoms with van der Waals surface area (Å²) in [5.74, 6) is 0.878. The van der Waals surface area contributed by atoms with Gasteiger partial charge in [0.1, 0.15) is 18.2 Å². The van der Waals surface area contributed by atoms with Crippen LogP contribution in [0.2, 0.25) is 0 Å². The largest absolute Gasteiger partial charge is 0.491 e. The Bertz CT molecular complexity index is 464. The lowest BCUT2D eigenvalue weighted by Gasteiger charge is -2.32. The quantitative estimate of drug-likeness (QED) is 0.660. The van der Waals surface area contributed by atoms with Crippen LogP contribution in [0.5, 0.6) is 5.75 Å². The van der Waals surface area contributed by atoms with Crippen molar-refractivity contribution in [1.82, 2.24) is 4.90 Å². The van der Waals surface area contributed by atoms with Crippen molar-refractivity contribution in [3.8, 4) is 5.75 Å². The monoisotopic (exact) mass is 325 g/mol. The van der Waals surface area contributed by atoms with Crippen molar-refractivity contribution >= 4 is 21.8 Å². The van der Waals surface area contributed by atoms with Crippen LogP contribution in [0.3, 0.4) is 0 Å². The van der Waals surface area contributed by atoms with E-state index in [4.69, 9.17) is 15.9 Å². The molecule has 1 atom stereocenters. The highest BCUT2D eigenvalue weighted by molar-refractivity contribution is 9.10. The molecule has 1 heterocycles. The van der Waals surface area contributed by atoms with Gasteiger partial charge in [0.25, 0.3) is 0 Å². The molecular formula is C14H20BrN3O. The fourth-order valence-electron chi connectivity index (χ4n) is 2.33. The summed E-state index contributed by atoms with van der Waals surface area (Å²) in [4.78, 5) is 2.36. The Morgan fingerprint density at radius 3 is 2.95 bits per heavy atom. The van der Waals surface area contributed by atoms with Crippen molar-refractivity contribution in [2.24, 2.45) is 5.73 Å². The molecule has 19 heavy (non-hydrogen) atoms. The molecule has 5 heteroatoms. The van der Waals surface area contributed by atoms with E-state index in [1.165, 1.54) is 19.3 Å². The molecule has 0 aromatic heterocycles. The smallest absolute Gasteiger partial charge is 0.133 e. The molecule has 0 amide bonds. The van der Waals surface area contributed by atoms with Crippen molar-refractivity contribution in [2.75, 3.05) is 20.2 Å². The maximum absolute atomic E-state index is 7.40. The molecule has 0 bridgehead atoms. The highest BCUT2D eigenvalue weighted by Gasteiger charge is 2.19. The SMILES string of the molecule is CN1CCCCC1COc1ccc(C(=N)N)cc1Br. The number of nitrogens with two attached hydrogens (primary N) is 1. The Labute approximate surface area is 122 Å². The van der Waals surface area contributed by atoms with Crippen molar-refractivity contribution in [3.05, 3.63) is 28.2 Å². The molecule has 0 aliphatic carbocycles. The van der Waals surface area contributed by atoms with Crippen LogP contribution in [-0.4, -0.2) is 37.0 Å². The Kier molecular flexibility index (Phi) is 4.82. The maximum atomic E-state index is 7.40. The summed E-state index contributed by atoms with van der Waals surface area (Å²) in [6.45, 7) is 1.85. The summed E-state index contributed by atoms with van der Waals surface area (Å²) in [5, 5.41) is 7.40. The second-order valence-electron chi connectivity index (χ2n) is 5.00. The van der Waals surface area contributed by atoms with Gasteiger partial charge in [-0.25, -0.2) is 0 Å². The molecule has 1 saturated heterocycles. The molecule has 1 aromatic carbocycles. The number of amidine groups is 1. The molecule has 1 fully saturated rings. The minimum Gasteiger partial charge on any atom is -0.491 e. The summed E-state index contributed by atoms with van der Waals surface area (Å²) in [5.41, 5.74) is 6.16. The molecule has 4 nitrogen and oxygen atoms in total. The van der Waals surface area contributed by atoms with E-state index in [-0.39, 0.29) is 5.84 Å². The van der Waals surface area contributed by atoms with Gasteiger partial charge in [0.05, 0.1) is 4.47 Å². The van der Waals surface area contributed by atoms with Gasteiger partial charge in [-0.15, -0.1) is 0 Å². The fraction of sp³-hybridized carbons (Fsp3) is 0.500. The second kappa shape index (κ2) is 6.39. The summed E-state index contributed by atoms with van der Waals surface area (Å²) in [6, 6.07) is 5.99. The summed E-state index contributed by atoms with van der Waals surface area (Å²) < 4.78 is 6.73. The third-order valence-corrected chi connectivity index (χ3v) is 4.22. The van der Waals surface area contributed by atoms with Crippen molar-refractivity contribution < 1.29 is 4.74 Å². The van der Waals surface area contributed by atoms with Crippen molar-refractivity contribution in [1.29, 1.82) is 5.41 Å². The minimum atomic E-state index is 0.0688. The number of rotatable bonds is 4. The minimum absolute atomic E-state index is 0.0688. The Morgan fingerprint density at radius 2 is 2.32 bits per heavy atom. The molecule has 104 valence electrons. The zero-order valence-corrected chi connectivity index (χ0v) is 12.7. The number of likely N-dealkylation sites (tertiary alicyclic amines) is 1. The van der Waals surface area contributed by atoms with E-state index in [0.29, 0.717) is 18.2 Å². The van der Waals surface area contributed by atoms with Gasteiger partial charge in [0, 0.05) is 11.6 Å². The lowest BCUT2D eigenvalue weighted by Crippen LogP contribution is -2.40. The van der Waals surface area contributed by atoms with Crippen LogP contribution in [0.15, 0.2) is 22.7 Å². The number of ether oxygens (including phenoxy) is 1. The van der Waals surface area contributed by atoms with E-state index in [0.717, 1.165) is 16.8 Å². The lowest BCUT2D eigenvalue weighted by molar-refractivity contribution is 0.125. The van der Waals surface area contributed by atoms with Crippen LogP contribution < -0.4 is 10.5 Å². The summed E-state index contributed by atoms with van der Waals surface area (Å²) >= 11 is 3.46. The van der Waals surface area contributed by atoms with Crippen molar-refractivity contribution in [3.63, 3.8) is 0 Å². The summed E-state index contributed by atoms with van der Waals surface area (Å²) in [6.07, 6.45) is 3.76. The Hall–Kier alpha value is -1.07. The van der Waals surface area contributed by atoms with E-state index in [1.54, 1.807) is 0 Å². The number of halogens is 1. The van der Waals surface area contributed by atoms with E-state index >= 15 is 0 Å². The van der Waals surface area contributed by atoms with E-state index < -0.39 is 0 Å². The highest BCUT2D eigenvalue weighted by atomic mass is 79.9. The standard InChI is InChI=1S/C14H20BrN3O/c1-18-7-3-2-4-11(18)9-19-13-6-5-10(14(16)17)8-12(13)15/h5-6,8,11H,2-4,7,9H2,1H3,(H3,16,17). The molecule has 0 radical (unpaired) electrons. The Balaban J connectivity index is 1.97. The molecule has 0 saturated carbocycles. The predicted molar refractivity (Wildman–Crippen MR) is 80.9 cm³/mol. The number of nitrogen functional groups attached to an aromatic ring is 1.